The Balaban J connectivity index is 2.16. The molecular weight excluding hydrogens is 279 g/mol. The highest BCUT2D eigenvalue weighted by Gasteiger charge is 2.13. The molecule has 2 rings (SSSR count). The number of hydrogen-bond donors (Lipinski definition) is 0. The molecule has 0 aliphatic heterocycles. The number of benzene rings is 1. The first-order chi connectivity index (χ1) is 9.65. The van der Waals surface area contributed by atoms with Crippen LogP contribution >= 0.6 is 11.6 Å². The molecule has 2 aromatic rings. The van der Waals surface area contributed by atoms with Crippen molar-refractivity contribution in [2.24, 2.45) is 0 Å². The van der Waals surface area contributed by atoms with Crippen LogP contribution in [0.25, 0.3) is 0 Å². The number of halogens is 2. The van der Waals surface area contributed by atoms with Crippen molar-refractivity contribution in [1.29, 1.82) is 0 Å². The van der Waals surface area contributed by atoms with Gasteiger partial charge >= 0.3 is 0 Å². The molecule has 106 valence electrons. The van der Waals surface area contributed by atoms with E-state index in [1.54, 1.807) is 31.3 Å². The van der Waals surface area contributed by atoms with E-state index in [-0.39, 0.29) is 11.7 Å². The maximum atomic E-state index is 14.1. The van der Waals surface area contributed by atoms with Crippen LogP contribution in [0.1, 0.15) is 11.1 Å². The van der Waals surface area contributed by atoms with Crippen LogP contribution < -0.4 is 9.64 Å². The second-order valence-electron chi connectivity index (χ2n) is 4.45. The Hall–Kier alpha value is -1.81. The number of methoxy groups -OCH3 is 1. The van der Waals surface area contributed by atoms with Crippen LogP contribution in [0.15, 0.2) is 36.5 Å². The first-order valence-corrected chi connectivity index (χ1v) is 6.72. The number of hydrogen-bond acceptors (Lipinski definition) is 3. The lowest BCUT2D eigenvalue weighted by atomic mass is 10.2. The second-order valence-corrected chi connectivity index (χ2v) is 4.71. The lowest BCUT2D eigenvalue weighted by Crippen LogP contribution is -2.19. The van der Waals surface area contributed by atoms with E-state index in [9.17, 15) is 4.39 Å². The molecule has 0 saturated heterocycles. The molecule has 3 nitrogen and oxygen atoms in total. The Labute approximate surface area is 123 Å². The van der Waals surface area contributed by atoms with Gasteiger partial charge in [-0.2, -0.15) is 0 Å². The molecular formula is C15H16ClFN2O. The van der Waals surface area contributed by atoms with E-state index in [4.69, 9.17) is 16.3 Å². The second kappa shape index (κ2) is 6.57. The van der Waals surface area contributed by atoms with Crippen LogP contribution in [0.3, 0.4) is 0 Å². The predicted molar refractivity (Wildman–Crippen MR) is 78.9 cm³/mol. The highest BCUT2D eigenvalue weighted by molar-refractivity contribution is 6.17. The fourth-order valence-electron chi connectivity index (χ4n) is 1.92. The van der Waals surface area contributed by atoms with Gasteiger partial charge in [0.15, 0.2) is 11.6 Å². The van der Waals surface area contributed by atoms with Gasteiger partial charge in [-0.3, -0.25) is 0 Å². The van der Waals surface area contributed by atoms with Crippen molar-refractivity contribution in [2.45, 2.75) is 12.4 Å². The summed E-state index contributed by atoms with van der Waals surface area (Å²) in [5.41, 5.74) is 1.50. The minimum atomic E-state index is -0.362. The van der Waals surface area contributed by atoms with E-state index >= 15 is 0 Å². The van der Waals surface area contributed by atoms with Crippen molar-refractivity contribution in [2.75, 3.05) is 19.1 Å². The smallest absolute Gasteiger partial charge is 0.170 e. The first-order valence-electron chi connectivity index (χ1n) is 6.19. The Kier molecular flexibility index (Phi) is 4.79. The fourth-order valence-corrected chi connectivity index (χ4v) is 2.13. The minimum absolute atomic E-state index is 0.137. The van der Waals surface area contributed by atoms with Crippen LogP contribution in [0, 0.1) is 5.82 Å². The van der Waals surface area contributed by atoms with Gasteiger partial charge in [-0.15, -0.1) is 11.6 Å². The van der Waals surface area contributed by atoms with Crippen molar-refractivity contribution in [3.63, 3.8) is 0 Å². The average Bonchev–Trinajstić information content (AvgIpc) is 2.48. The van der Waals surface area contributed by atoms with E-state index in [2.05, 4.69) is 4.98 Å². The summed E-state index contributed by atoms with van der Waals surface area (Å²) in [6, 6.07) is 9.23. The van der Waals surface area contributed by atoms with Gasteiger partial charge in [-0.1, -0.05) is 12.1 Å². The van der Waals surface area contributed by atoms with Gasteiger partial charge in [0.1, 0.15) is 5.75 Å². The summed E-state index contributed by atoms with van der Waals surface area (Å²) in [6.45, 7) is 0.555. The van der Waals surface area contributed by atoms with Gasteiger partial charge in [0, 0.05) is 25.4 Å². The summed E-state index contributed by atoms with van der Waals surface area (Å²) in [4.78, 5) is 5.84. The molecule has 0 aliphatic rings. The summed E-state index contributed by atoms with van der Waals surface area (Å²) in [5.74, 6) is 0.875. The van der Waals surface area contributed by atoms with E-state index in [1.807, 2.05) is 24.3 Å². The summed E-state index contributed by atoms with van der Waals surface area (Å²) >= 11 is 5.70. The van der Waals surface area contributed by atoms with E-state index in [0.717, 1.165) is 11.3 Å². The molecule has 0 fully saturated rings. The average molecular weight is 295 g/mol. The molecule has 0 bridgehead atoms. The molecule has 0 aliphatic carbocycles. The molecule has 0 radical (unpaired) electrons. The molecule has 1 aromatic heterocycles. The molecule has 0 spiro atoms. The third-order valence-electron chi connectivity index (χ3n) is 3.04. The molecule has 0 amide bonds. The van der Waals surface area contributed by atoms with Crippen LogP contribution in [-0.2, 0) is 12.4 Å². The maximum Gasteiger partial charge on any atom is 0.170 e. The zero-order valence-electron chi connectivity index (χ0n) is 11.4. The van der Waals surface area contributed by atoms with Gasteiger partial charge in [-0.25, -0.2) is 9.37 Å². The van der Waals surface area contributed by atoms with E-state index < -0.39 is 0 Å². The van der Waals surface area contributed by atoms with Crippen LogP contribution in [0.4, 0.5) is 10.2 Å². The molecule has 20 heavy (non-hydrogen) atoms. The number of nitrogens with zero attached hydrogens (tertiary/aromatic N) is 2. The Morgan fingerprint density at radius 3 is 2.55 bits per heavy atom. The van der Waals surface area contributed by atoms with Crippen molar-refractivity contribution in [3.8, 4) is 5.75 Å². The number of pyridine rings is 1. The zero-order chi connectivity index (χ0) is 14.5. The normalized spacial score (nSPS) is 10.4. The van der Waals surface area contributed by atoms with Gasteiger partial charge in [0.2, 0.25) is 0 Å². The van der Waals surface area contributed by atoms with Gasteiger partial charge in [0.05, 0.1) is 13.0 Å². The molecule has 0 atom stereocenters. The minimum Gasteiger partial charge on any atom is -0.497 e. The number of anilines is 1. The quantitative estimate of drug-likeness (QED) is 0.788. The third-order valence-corrected chi connectivity index (χ3v) is 3.32. The standard InChI is InChI=1S/C15H16ClFN2O/c1-19(10-11-3-5-13(20-2)6-4-11)15-14(17)12(9-16)7-8-18-15/h3-8H,9-10H2,1-2H3. The fraction of sp³-hybridized carbons (Fsp3) is 0.267. The predicted octanol–water partition coefficient (Wildman–Crippen LogP) is 3.60. The molecule has 1 aromatic carbocycles. The number of rotatable bonds is 5. The summed E-state index contributed by atoms with van der Waals surface area (Å²) in [5, 5.41) is 0. The lowest BCUT2D eigenvalue weighted by molar-refractivity contribution is 0.414. The van der Waals surface area contributed by atoms with Gasteiger partial charge in [0.25, 0.3) is 0 Å². The molecule has 5 heteroatoms. The van der Waals surface area contributed by atoms with Gasteiger partial charge < -0.3 is 9.64 Å². The molecule has 1 heterocycles. The van der Waals surface area contributed by atoms with Gasteiger partial charge in [-0.05, 0) is 23.8 Å². The largest absolute Gasteiger partial charge is 0.497 e. The molecule has 0 saturated carbocycles. The topological polar surface area (TPSA) is 25.4 Å². The first kappa shape index (κ1) is 14.6. The Bertz CT molecular complexity index is 575. The monoisotopic (exact) mass is 294 g/mol. The van der Waals surface area contributed by atoms with Crippen LogP contribution in [0.2, 0.25) is 0 Å². The summed E-state index contributed by atoms with van der Waals surface area (Å²) in [7, 11) is 3.42. The zero-order valence-corrected chi connectivity index (χ0v) is 12.2. The van der Waals surface area contributed by atoms with Crippen molar-refractivity contribution >= 4 is 17.4 Å². The van der Waals surface area contributed by atoms with E-state index in [1.165, 1.54) is 0 Å². The lowest BCUT2D eigenvalue weighted by Gasteiger charge is -2.19. The number of aromatic nitrogens is 1. The highest BCUT2D eigenvalue weighted by atomic mass is 35.5. The highest BCUT2D eigenvalue weighted by Crippen LogP contribution is 2.21. The third kappa shape index (κ3) is 3.20. The van der Waals surface area contributed by atoms with Crippen LogP contribution in [0.5, 0.6) is 5.75 Å². The van der Waals surface area contributed by atoms with E-state index in [0.29, 0.717) is 17.9 Å². The Morgan fingerprint density at radius 1 is 1.25 bits per heavy atom. The van der Waals surface area contributed by atoms with Crippen LogP contribution in [-0.4, -0.2) is 19.1 Å². The maximum absolute atomic E-state index is 14.1. The number of alkyl halides is 1. The molecule has 0 N–H and O–H groups in total. The summed E-state index contributed by atoms with van der Waals surface area (Å²) in [6.07, 6.45) is 1.57. The SMILES string of the molecule is COc1ccc(CN(C)c2nccc(CCl)c2F)cc1. The van der Waals surface area contributed by atoms with Crippen molar-refractivity contribution in [1.82, 2.24) is 4.98 Å². The summed E-state index contributed by atoms with van der Waals surface area (Å²) < 4.78 is 19.2. The number of ether oxygens (including phenoxy) is 1. The Morgan fingerprint density at radius 2 is 1.95 bits per heavy atom. The van der Waals surface area contributed by atoms with Crippen molar-refractivity contribution in [3.05, 3.63) is 53.5 Å². The van der Waals surface area contributed by atoms with Crippen molar-refractivity contribution < 1.29 is 9.13 Å². The molecule has 0 unspecified atom stereocenters.